The van der Waals surface area contributed by atoms with Gasteiger partial charge >= 0.3 is 11.9 Å². The van der Waals surface area contributed by atoms with Crippen LogP contribution in [0.3, 0.4) is 0 Å². The van der Waals surface area contributed by atoms with Crippen LogP contribution in [-0.2, 0) is 51.7 Å². The van der Waals surface area contributed by atoms with Gasteiger partial charge in [0.15, 0.2) is 40.3 Å². The zero-order valence-electron chi connectivity index (χ0n) is 62.4. The fourth-order valence-corrected chi connectivity index (χ4v) is 15.3. The summed E-state index contributed by atoms with van der Waals surface area (Å²) in [6.07, 6.45) is 8.09. The van der Waals surface area contributed by atoms with Gasteiger partial charge in [-0.05, 0) is 212 Å². The molecule has 1 spiro atoms. The quantitative estimate of drug-likeness (QED) is 0.0210. The number of aliphatic imine (C=N–C) groups is 2. The Kier molecular flexibility index (Phi) is 31.7. The Hall–Kier alpha value is -7.81. The molecule has 21 nitrogen and oxygen atoms in total. The predicted molar refractivity (Wildman–Crippen MR) is 430 cm³/mol. The van der Waals surface area contributed by atoms with E-state index in [0.717, 1.165) is 79.0 Å². The number of hydrogen-bond donors (Lipinski definition) is 2. The number of hydrazine groups is 1. The number of fused-ring (bicyclic) bond motifs is 4. The van der Waals surface area contributed by atoms with Crippen molar-refractivity contribution < 1.29 is 69.6 Å². The standard InChI is InChI=1S/C33H48O4.C27H26Cl4N6O3S.C11H10Cl2O4.C8H6O4S/c1-9-13-34-27-17-23-25(19-29(27)36-15-11-3)33(21-31(23,5)6)22-32(7,8)24-18-28(35-14-10-2)30(20-26(24)33)37-16-12-4;1-4-36(12-11-32-41(3,39)40)19-8-6-18(7-9-19)33-24-26(34-23-13-16(2)5-10-20(23)29)35-37(27(24)38)25-21(30)14-17(28)15-22(25)31;1-3-16-11(15)7-4-8(12)10(9(13)5-7)17-6(2)14;9-4-6-1-7(5-10)3-8(2-6)13(11)12/h17-20H,9-16,21-22H2,1-8H3;5-10,13-15,32H,4,11-12H2,1-3H3,(H,34,35);4-5H,3H2,1-2H3;1-5H,(H,11,12)/p-1. The molecule has 1 amide bonds. The molecule has 1 atom stereocenters. The number of likely N-dealkylation sites (N-methyl/N-ethyl adjacent to an activating group) is 1. The number of benzene rings is 7. The van der Waals surface area contributed by atoms with Crippen LogP contribution in [0.15, 0.2) is 124 Å². The summed E-state index contributed by atoms with van der Waals surface area (Å²) < 4.78 is 80.9. The number of halogens is 6. The number of nitrogens with one attached hydrogen (secondary N) is 2. The third kappa shape index (κ3) is 22.5. The van der Waals surface area contributed by atoms with Gasteiger partial charge in [0.1, 0.15) is 18.3 Å². The maximum Gasteiger partial charge on any atom is 0.338 e. The number of esters is 2. The van der Waals surface area contributed by atoms with Crippen molar-refractivity contribution in [3.63, 3.8) is 0 Å². The number of nitrogens with zero attached hydrogens (tertiary/aromatic N) is 4. The Morgan fingerprint density at radius 1 is 0.657 bits per heavy atom. The molecule has 3 aliphatic rings. The number of amides is 1. The maximum absolute atomic E-state index is 13.7. The highest BCUT2D eigenvalue weighted by molar-refractivity contribution is 7.88. The minimum absolute atomic E-state index is 0.0158. The van der Waals surface area contributed by atoms with Crippen molar-refractivity contribution >= 4 is 155 Å². The molecular weight excluding hydrogens is 1550 g/mol. The molecule has 29 heteroatoms. The van der Waals surface area contributed by atoms with E-state index >= 15 is 0 Å². The number of carbonyl (C=O) groups excluding carboxylic acids is 5. The molecule has 1 saturated heterocycles. The van der Waals surface area contributed by atoms with Gasteiger partial charge in [0.05, 0.1) is 81.3 Å². The van der Waals surface area contributed by atoms with Crippen molar-refractivity contribution in [3.8, 4) is 28.7 Å². The van der Waals surface area contributed by atoms with Crippen molar-refractivity contribution in [1.82, 2.24) is 10.1 Å². The van der Waals surface area contributed by atoms with Crippen molar-refractivity contribution in [2.75, 3.05) is 68.8 Å². The molecule has 2 aliphatic carbocycles. The molecule has 0 aromatic heterocycles. The summed E-state index contributed by atoms with van der Waals surface area (Å²) in [4.78, 5) is 67.8. The van der Waals surface area contributed by atoms with E-state index in [0.29, 0.717) is 73.5 Å². The topological polar surface area (TPSA) is 270 Å². The predicted octanol–water partition coefficient (Wildman–Crippen LogP) is 18.5. The Morgan fingerprint density at radius 2 is 1.14 bits per heavy atom. The molecule has 0 bridgehead atoms. The minimum Gasteiger partial charge on any atom is -0.768 e. The summed E-state index contributed by atoms with van der Waals surface area (Å²) in [5, 5.41) is 2.36. The highest BCUT2D eigenvalue weighted by Crippen LogP contribution is 2.65. The molecule has 1 unspecified atom stereocenters. The number of hydrogen-bond acceptors (Lipinski definition) is 18. The van der Waals surface area contributed by atoms with Gasteiger partial charge in [0.2, 0.25) is 10.0 Å². The van der Waals surface area contributed by atoms with Gasteiger partial charge in [-0.25, -0.2) is 32.9 Å². The molecule has 108 heavy (non-hydrogen) atoms. The molecule has 0 radical (unpaired) electrons. The number of ether oxygens (including phenoxy) is 6. The lowest BCUT2D eigenvalue weighted by Gasteiger charge is -2.31. The Morgan fingerprint density at radius 3 is 1.56 bits per heavy atom. The average Bonchev–Trinajstić information content (AvgIpc) is 1.52. The van der Waals surface area contributed by atoms with Crippen LogP contribution in [-0.4, -0.2) is 118 Å². The lowest BCUT2D eigenvalue weighted by Crippen LogP contribution is -2.36. The molecule has 10 rings (SSSR count). The first-order valence-corrected chi connectivity index (χ1v) is 40.2. The molecule has 1 heterocycles. The van der Waals surface area contributed by atoms with Crippen molar-refractivity contribution in [1.29, 1.82) is 0 Å². The molecule has 1 aliphatic heterocycles. The van der Waals surface area contributed by atoms with Crippen LogP contribution >= 0.6 is 69.6 Å². The zero-order chi connectivity index (χ0) is 79.6. The van der Waals surface area contributed by atoms with Crippen LogP contribution in [0.4, 0.5) is 22.7 Å². The Bertz CT molecular complexity index is 4490. The number of sulfonamides is 1. The molecule has 7 aromatic rings. The zero-order valence-corrected chi connectivity index (χ0v) is 68.6. The summed E-state index contributed by atoms with van der Waals surface area (Å²) in [5.74, 6) is 2.09. The average molecular weight is 1640 g/mol. The van der Waals surface area contributed by atoms with E-state index in [4.69, 9.17) is 98.0 Å². The lowest BCUT2D eigenvalue weighted by atomic mass is 9.72. The maximum atomic E-state index is 13.7. The summed E-state index contributed by atoms with van der Waals surface area (Å²) >= 11 is 34.6. The first kappa shape index (κ1) is 87.4. The lowest BCUT2D eigenvalue weighted by molar-refractivity contribution is -0.131. The van der Waals surface area contributed by atoms with Crippen LogP contribution in [0.5, 0.6) is 28.7 Å². The first-order valence-electron chi connectivity index (χ1n) is 35.0. The number of aldehydes is 2. The van der Waals surface area contributed by atoms with Crippen LogP contribution in [0.25, 0.3) is 0 Å². The molecule has 7 aromatic carbocycles. The molecular formula is C79H89Cl6N6O15S2-. The summed E-state index contributed by atoms with van der Waals surface area (Å²) in [6.45, 7) is 29.3. The van der Waals surface area contributed by atoms with E-state index in [1.165, 1.54) is 76.7 Å². The van der Waals surface area contributed by atoms with Gasteiger partial charge in [0, 0.05) is 58.7 Å². The van der Waals surface area contributed by atoms with Crippen LogP contribution < -0.4 is 43.7 Å². The second-order valence-electron chi connectivity index (χ2n) is 26.8. The molecule has 580 valence electrons. The van der Waals surface area contributed by atoms with E-state index in [2.05, 4.69) is 99.8 Å². The molecule has 1 fully saturated rings. The SMILES string of the molecule is CCCOc1cc2c(cc1OCCC)C1(CC2(C)C)CC(C)(C)c2cc(OCCC)c(OCCC)cc21.CCN(CCNS(C)(=O)=O)c1ccc(N=C2C(=O)N(c3c(Cl)cc(Cl)cc3Cl)NC2=Nc2cc(C)ccc2Cl)cc1.CCOC(=O)c1cc(Cl)c(OC(C)=O)c(Cl)c1.O=Cc1cc(C=O)cc(S(=O)[O-])c1. The second kappa shape index (κ2) is 39.2. The van der Waals surface area contributed by atoms with Gasteiger partial charge in [0.25, 0.3) is 5.91 Å². The highest BCUT2D eigenvalue weighted by Gasteiger charge is 2.57. The molecule has 0 saturated carbocycles. The van der Waals surface area contributed by atoms with Crippen LogP contribution in [0, 0.1) is 6.92 Å². The first-order chi connectivity index (χ1) is 51.1. The summed E-state index contributed by atoms with van der Waals surface area (Å²) in [5.41, 5.74) is 11.9. The summed E-state index contributed by atoms with van der Waals surface area (Å²) in [7, 11) is -3.28. The second-order valence-corrected chi connectivity index (χ2v) is 32.0. The largest absolute Gasteiger partial charge is 0.768 e. The van der Waals surface area contributed by atoms with Gasteiger partial charge in [-0.2, -0.15) is 0 Å². The smallest absolute Gasteiger partial charge is 0.338 e. The number of anilines is 2. The normalized spacial score (nSPS) is 15.1. The fraction of sp³-hybridized carbons (Fsp3) is 0.380. The summed E-state index contributed by atoms with van der Waals surface area (Å²) in [6, 6.07) is 31.1. The Balaban J connectivity index is 0.000000220. The van der Waals surface area contributed by atoms with Crippen molar-refractivity contribution in [3.05, 3.63) is 184 Å². The van der Waals surface area contributed by atoms with Gasteiger partial charge < -0.3 is 37.9 Å². The number of rotatable bonds is 27. The van der Waals surface area contributed by atoms with Gasteiger partial charge in [-0.1, -0.05) is 131 Å². The third-order valence-electron chi connectivity index (χ3n) is 17.1. The molecule has 2 N–H and O–H groups in total. The van der Waals surface area contributed by atoms with E-state index in [-0.39, 0.29) is 94.1 Å². The van der Waals surface area contributed by atoms with E-state index in [1.807, 2.05) is 36.9 Å². The third-order valence-corrected chi connectivity index (χ3v) is 20.2. The minimum atomic E-state index is -3.28. The fourth-order valence-electron chi connectivity index (χ4n) is 12.7. The van der Waals surface area contributed by atoms with E-state index in [1.54, 1.807) is 31.2 Å². The van der Waals surface area contributed by atoms with Crippen LogP contribution in [0.1, 0.15) is 174 Å². The monoisotopic (exact) mass is 1640 g/mol. The number of aryl methyl sites for hydroxylation is 1. The number of carbonyl (C=O) groups is 5. The number of amidine groups is 1. The van der Waals surface area contributed by atoms with Gasteiger partial charge in [-0.15, -0.1) is 0 Å². The highest BCUT2D eigenvalue weighted by atomic mass is 35.5. The van der Waals surface area contributed by atoms with Crippen molar-refractivity contribution in [2.24, 2.45) is 9.98 Å². The van der Waals surface area contributed by atoms with Crippen molar-refractivity contribution in [2.45, 2.75) is 143 Å². The van der Waals surface area contributed by atoms with E-state index in [9.17, 15) is 41.2 Å². The Labute approximate surface area is 664 Å². The van der Waals surface area contributed by atoms with Crippen LogP contribution in [0.2, 0.25) is 30.1 Å². The van der Waals surface area contributed by atoms with E-state index < -0.39 is 38.9 Å². The van der Waals surface area contributed by atoms with Gasteiger partial charge in [-0.3, -0.25) is 28.8 Å².